The van der Waals surface area contributed by atoms with Gasteiger partial charge >= 0.3 is 0 Å². The van der Waals surface area contributed by atoms with Crippen LogP contribution in [0.15, 0.2) is 53.5 Å². The molecule has 6 nitrogen and oxygen atoms in total. The van der Waals surface area contributed by atoms with E-state index in [0.717, 1.165) is 29.9 Å². The van der Waals surface area contributed by atoms with E-state index in [9.17, 15) is 8.42 Å². The van der Waals surface area contributed by atoms with Crippen LogP contribution in [0.5, 0.6) is 0 Å². The highest BCUT2D eigenvalue weighted by Gasteiger charge is 2.09. The number of aliphatic imine (C=N–C) groups is 1. The largest absolute Gasteiger partial charge is 0.357 e. The monoisotopic (exact) mass is 536 g/mol. The summed E-state index contributed by atoms with van der Waals surface area (Å²) in [6, 6.07) is 14.9. The van der Waals surface area contributed by atoms with Crippen LogP contribution in [-0.4, -0.2) is 39.1 Å². The van der Waals surface area contributed by atoms with Crippen molar-refractivity contribution in [3.63, 3.8) is 0 Å². The van der Waals surface area contributed by atoms with E-state index in [2.05, 4.69) is 15.0 Å². The molecule has 0 spiro atoms. The number of nitrogens with one attached hydrogen (secondary N) is 2. The van der Waals surface area contributed by atoms with Gasteiger partial charge in [0.15, 0.2) is 5.96 Å². The molecule has 0 radical (unpaired) electrons. The molecule has 2 aromatic carbocycles. The fraction of sp³-hybridized carbons (Fsp3) is 0.316. The minimum absolute atomic E-state index is 0. The second-order valence-corrected chi connectivity index (χ2v) is 8.37. The van der Waals surface area contributed by atoms with E-state index in [-0.39, 0.29) is 24.0 Å². The number of nitrogens with zero attached hydrogens (tertiary/aromatic N) is 2. The highest BCUT2D eigenvalue weighted by Crippen LogP contribution is 2.17. The van der Waals surface area contributed by atoms with Gasteiger partial charge < -0.3 is 10.2 Å². The van der Waals surface area contributed by atoms with Gasteiger partial charge in [-0.1, -0.05) is 41.9 Å². The van der Waals surface area contributed by atoms with Crippen molar-refractivity contribution in [3.8, 4) is 0 Å². The van der Waals surface area contributed by atoms with E-state index in [1.807, 2.05) is 55.3 Å². The zero-order valence-corrected chi connectivity index (χ0v) is 20.0. The molecule has 2 N–H and O–H groups in total. The maximum atomic E-state index is 11.6. The second kappa shape index (κ2) is 11.5. The third-order valence-corrected chi connectivity index (χ3v) is 4.58. The molecular formula is C19H26ClIN4O2S. The maximum Gasteiger partial charge on any atom is 0.229 e. The molecule has 0 aliphatic carbocycles. The zero-order valence-electron chi connectivity index (χ0n) is 16.1. The van der Waals surface area contributed by atoms with Gasteiger partial charge in [0.2, 0.25) is 10.0 Å². The summed E-state index contributed by atoms with van der Waals surface area (Å²) in [5.41, 5.74) is 2.46. The molecule has 0 aliphatic rings. The predicted molar refractivity (Wildman–Crippen MR) is 128 cm³/mol. The molecule has 0 fully saturated rings. The standard InChI is InChI=1S/C19H25ClN4O2S.HI/c1-4-21-19(24(2)14-15-9-11-17(20)12-10-15)22-13-16-7-5-6-8-18(16)23-27(3,25)26;/h5-12,23H,4,13-14H2,1-3H3,(H,21,22);1H. The van der Waals surface area contributed by atoms with Crippen LogP contribution in [0.2, 0.25) is 5.02 Å². The Kier molecular flexibility index (Phi) is 10.0. The first-order chi connectivity index (χ1) is 12.8. The molecule has 0 amide bonds. The molecule has 0 aromatic heterocycles. The lowest BCUT2D eigenvalue weighted by molar-refractivity contribution is 0.477. The Morgan fingerprint density at radius 1 is 1.14 bits per heavy atom. The number of sulfonamides is 1. The number of rotatable bonds is 7. The summed E-state index contributed by atoms with van der Waals surface area (Å²) in [6.45, 7) is 3.76. The van der Waals surface area contributed by atoms with Crippen LogP contribution in [0, 0.1) is 0 Å². The van der Waals surface area contributed by atoms with Gasteiger partial charge in [-0.15, -0.1) is 24.0 Å². The van der Waals surface area contributed by atoms with Gasteiger partial charge in [0, 0.05) is 25.2 Å². The molecule has 0 saturated heterocycles. The molecule has 0 bridgehead atoms. The first kappa shape index (κ1) is 24.5. The lowest BCUT2D eigenvalue weighted by atomic mass is 10.2. The van der Waals surface area contributed by atoms with Crippen LogP contribution in [0.4, 0.5) is 5.69 Å². The van der Waals surface area contributed by atoms with Gasteiger partial charge in [-0.25, -0.2) is 13.4 Å². The summed E-state index contributed by atoms with van der Waals surface area (Å²) in [5.74, 6) is 0.738. The van der Waals surface area contributed by atoms with Gasteiger partial charge in [0.1, 0.15) is 0 Å². The van der Waals surface area contributed by atoms with Gasteiger partial charge in [0.05, 0.1) is 18.5 Å². The van der Waals surface area contributed by atoms with E-state index in [1.165, 1.54) is 0 Å². The summed E-state index contributed by atoms with van der Waals surface area (Å²) in [5, 5.41) is 3.97. The normalized spacial score (nSPS) is 11.5. The summed E-state index contributed by atoms with van der Waals surface area (Å²) >= 11 is 5.94. The van der Waals surface area contributed by atoms with Crippen LogP contribution >= 0.6 is 35.6 Å². The smallest absolute Gasteiger partial charge is 0.229 e. The van der Waals surface area contributed by atoms with Crippen LogP contribution in [0.1, 0.15) is 18.1 Å². The molecule has 154 valence electrons. The molecule has 0 saturated carbocycles. The summed E-state index contributed by atoms with van der Waals surface area (Å²) in [7, 11) is -1.39. The first-order valence-corrected chi connectivity index (χ1v) is 10.8. The minimum atomic E-state index is -3.34. The number of hydrogen-bond donors (Lipinski definition) is 2. The maximum absolute atomic E-state index is 11.6. The number of hydrogen-bond acceptors (Lipinski definition) is 3. The van der Waals surface area contributed by atoms with Gasteiger partial charge in [-0.3, -0.25) is 4.72 Å². The van der Waals surface area contributed by atoms with Crippen molar-refractivity contribution in [1.29, 1.82) is 0 Å². The first-order valence-electron chi connectivity index (χ1n) is 8.58. The fourth-order valence-corrected chi connectivity index (χ4v) is 3.25. The molecular weight excluding hydrogens is 511 g/mol. The predicted octanol–water partition coefficient (Wildman–Crippen LogP) is 3.93. The number of anilines is 1. The molecule has 9 heteroatoms. The van der Waals surface area contributed by atoms with Crippen molar-refractivity contribution < 1.29 is 8.42 Å². The summed E-state index contributed by atoms with van der Waals surface area (Å²) < 4.78 is 25.6. The topological polar surface area (TPSA) is 73.8 Å². The highest BCUT2D eigenvalue weighted by molar-refractivity contribution is 14.0. The van der Waals surface area contributed by atoms with E-state index in [4.69, 9.17) is 11.6 Å². The average molecular weight is 537 g/mol. The van der Waals surface area contributed by atoms with Crippen LogP contribution in [-0.2, 0) is 23.1 Å². The van der Waals surface area contributed by atoms with E-state index in [1.54, 1.807) is 12.1 Å². The van der Waals surface area contributed by atoms with Crippen LogP contribution in [0.25, 0.3) is 0 Å². The van der Waals surface area contributed by atoms with Crippen LogP contribution < -0.4 is 10.0 Å². The Hall–Kier alpha value is -1.52. The SMILES string of the molecule is CCNC(=NCc1ccccc1NS(C)(=O)=O)N(C)Cc1ccc(Cl)cc1.I. The Balaban J connectivity index is 0.00000392. The van der Waals surface area contributed by atoms with Gasteiger partial charge in [-0.2, -0.15) is 0 Å². The molecule has 2 rings (SSSR count). The number of benzene rings is 2. The molecule has 0 heterocycles. The Morgan fingerprint density at radius 2 is 1.79 bits per heavy atom. The lowest BCUT2D eigenvalue weighted by Gasteiger charge is -2.22. The second-order valence-electron chi connectivity index (χ2n) is 6.18. The Labute approximate surface area is 189 Å². The van der Waals surface area contributed by atoms with Crippen LogP contribution in [0.3, 0.4) is 0 Å². The zero-order chi connectivity index (χ0) is 19.9. The van der Waals surface area contributed by atoms with Crippen molar-refractivity contribution >= 4 is 57.2 Å². The summed E-state index contributed by atoms with van der Waals surface area (Å²) in [4.78, 5) is 6.67. The van der Waals surface area contributed by atoms with E-state index >= 15 is 0 Å². The van der Waals surface area contributed by atoms with Gasteiger partial charge in [-0.05, 0) is 36.2 Å². The van der Waals surface area contributed by atoms with E-state index in [0.29, 0.717) is 23.8 Å². The number of guanidine groups is 1. The third kappa shape index (κ3) is 8.24. The molecule has 2 aromatic rings. The molecule has 0 unspecified atom stereocenters. The quantitative estimate of drug-likeness (QED) is 0.320. The van der Waals surface area contributed by atoms with Crippen molar-refractivity contribution in [1.82, 2.24) is 10.2 Å². The lowest BCUT2D eigenvalue weighted by Crippen LogP contribution is -2.38. The minimum Gasteiger partial charge on any atom is -0.357 e. The molecule has 28 heavy (non-hydrogen) atoms. The fourth-order valence-electron chi connectivity index (χ4n) is 2.53. The van der Waals surface area contributed by atoms with Crippen molar-refractivity contribution in [2.45, 2.75) is 20.0 Å². The molecule has 0 atom stereocenters. The number of para-hydroxylation sites is 1. The van der Waals surface area contributed by atoms with E-state index < -0.39 is 10.0 Å². The van der Waals surface area contributed by atoms with Crippen molar-refractivity contribution in [3.05, 3.63) is 64.7 Å². The Morgan fingerprint density at radius 3 is 2.39 bits per heavy atom. The Bertz CT molecular complexity index is 889. The summed E-state index contributed by atoms with van der Waals surface area (Å²) in [6.07, 6.45) is 1.14. The van der Waals surface area contributed by atoms with Crippen molar-refractivity contribution in [2.24, 2.45) is 4.99 Å². The number of halogens is 2. The molecule has 0 aliphatic heterocycles. The third-order valence-electron chi connectivity index (χ3n) is 3.74. The highest BCUT2D eigenvalue weighted by atomic mass is 127. The average Bonchev–Trinajstić information content (AvgIpc) is 2.60. The van der Waals surface area contributed by atoms with Crippen molar-refractivity contribution in [2.75, 3.05) is 24.6 Å². The van der Waals surface area contributed by atoms with Gasteiger partial charge in [0.25, 0.3) is 0 Å².